The standard InChI is InChI=1S/C9H10F3NO4/c1-14-5-4-6(17-9(10,11)12)8(16-3)13-7(5)15-2/h4H,1-3H3. The van der Waals surface area contributed by atoms with E-state index in [2.05, 4.69) is 14.5 Å². The number of hydrogen-bond donors (Lipinski definition) is 0. The summed E-state index contributed by atoms with van der Waals surface area (Å²) in [5.41, 5.74) is 0. The van der Waals surface area contributed by atoms with Crippen LogP contribution >= 0.6 is 0 Å². The van der Waals surface area contributed by atoms with Crippen LogP contribution in [0.4, 0.5) is 13.2 Å². The molecule has 0 bridgehead atoms. The topological polar surface area (TPSA) is 49.8 Å². The summed E-state index contributed by atoms with van der Waals surface area (Å²) in [5, 5.41) is 0. The second-order valence-electron chi connectivity index (χ2n) is 2.76. The lowest BCUT2D eigenvalue weighted by atomic mass is 10.4. The van der Waals surface area contributed by atoms with Crippen molar-refractivity contribution in [3.8, 4) is 23.3 Å². The summed E-state index contributed by atoms with van der Waals surface area (Å²) in [6, 6.07) is 0.984. The van der Waals surface area contributed by atoms with Gasteiger partial charge in [0.05, 0.1) is 21.3 Å². The van der Waals surface area contributed by atoms with Gasteiger partial charge in [-0.1, -0.05) is 0 Å². The molecule has 0 unspecified atom stereocenters. The van der Waals surface area contributed by atoms with Crippen molar-refractivity contribution < 1.29 is 32.1 Å². The average Bonchev–Trinajstić information content (AvgIpc) is 2.26. The normalized spacial score (nSPS) is 10.9. The molecule has 0 atom stereocenters. The Morgan fingerprint density at radius 1 is 0.941 bits per heavy atom. The molecule has 1 heterocycles. The molecule has 96 valence electrons. The van der Waals surface area contributed by atoms with E-state index in [9.17, 15) is 13.2 Å². The van der Waals surface area contributed by atoms with Gasteiger partial charge in [-0.2, -0.15) is 4.98 Å². The van der Waals surface area contributed by atoms with E-state index in [-0.39, 0.29) is 17.5 Å². The fourth-order valence-corrected chi connectivity index (χ4v) is 1.08. The van der Waals surface area contributed by atoms with Gasteiger partial charge in [0.25, 0.3) is 11.8 Å². The van der Waals surface area contributed by atoms with Crippen LogP contribution < -0.4 is 18.9 Å². The number of hydrogen-bond acceptors (Lipinski definition) is 5. The third-order valence-corrected chi connectivity index (χ3v) is 1.72. The van der Waals surface area contributed by atoms with Crippen LogP contribution in [0.1, 0.15) is 0 Å². The summed E-state index contributed by atoms with van der Waals surface area (Å²) in [7, 11) is 3.73. The molecule has 8 heteroatoms. The van der Waals surface area contributed by atoms with E-state index in [0.29, 0.717) is 0 Å². The molecule has 1 rings (SSSR count). The Kier molecular flexibility index (Phi) is 3.87. The van der Waals surface area contributed by atoms with E-state index in [0.717, 1.165) is 13.2 Å². The maximum atomic E-state index is 12.1. The van der Waals surface area contributed by atoms with Gasteiger partial charge in [-0.3, -0.25) is 0 Å². The predicted octanol–water partition coefficient (Wildman–Crippen LogP) is 2.01. The van der Waals surface area contributed by atoms with Gasteiger partial charge in [-0.25, -0.2) is 0 Å². The molecule has 0 aliphatic heterocycles. The van der Waals surface area contributed by atoms with Crippen molar-refractivity contribution in [1.82, 2.24) is 4.98 Å². The van der Waals surface area contributed by atoms with Gasteiger partial charge in [0.1, 0.15) is 0 Å². The van der Waals surface area contributed by atoms with Gasteiger partial charge in [0, 0.05) is 6.07 Å². The zero-order valence-corrected chi connectivity index (χ0v) is 9.29. The highest BCUT2D eigenvalue weighted by Crippen LogP contribution is 2.38. The highest BCUT2D eigenvalue weighted by molar-refractivity contribution is 5.46. The number of rotatable bonds is 4. The molecule has 0 spiro atoms. The van der Waals surface area contributed by atoms with Crippen molar-refractivity contribution in [3.05, 3.63) is 6.07 Å². The Hall–Kier alpha value is -1.86. The van der Waals surface area contributed by atoms with Crippen LogP contribution in [0.3, 0.4) is 0 Å². The van der Waals surface area contributed by atoms with Crippen LogP contribution in [0.15, 0.2) is 6.07 Å². The number of methoxy groups -OCH3 is 3. The zero-order chi connectivity index (χ0) is 13.1. The van der Waals surface area contributed by atoms with Crippen LogP contribution in [0, 0.1) is 0 Å². The van der Waals surface area contributed by atoms with Gasteiger partial charge < -0.3 is 18.9 Å². The number of halogens is 3. The van der Waals surface area contributed by atoms with E-state index in [4.69, 9.17) is 9.47 Å². The quantitative estimate of drug-likeness (QED) is 0.821. The first-order chi connectivity index (χ1) is 7.91. The van der Waals surface area contributed by atoms with Crippen molar-refractivity contribution in [3.63, 3.8) is 0 Å². The maximum absolute atomic E-state index is 12.1. The first kappa shape index (κ1) is 13.2. The summed E-state index contributed by atoms with van der Waals surface area (Å²) in [5.74, 6) is -0.941. The molecule has 0 radical (unpaired) electrons. The third-order valence-electron chi connectivity index (χ3n) is 1.72. The van der Waals surface area contributed by atoms with Crippen LogP contribution in [-0.4, -0.2) is 32.7 Å². The lowest BCUT2D eigenvalue weighted by Crippen LogP contribution is -2.18. The first-order valence-corrected chi connectivity index (χ1v) is 4.34. The molecule has 0 amide bonds. The molecule has 0 saturated heterocycles. The Balaban J connectivity index is 3.19. The van der Waals surface area contributed by atoms with Crippen LogP contribution in [0.2, 0.25) is 0 Å². The van der Waals surface area contributed by atoms with E-state index < -0.39 is 12.1 Å². The van der Waals surface area contributed by atoms with E-state index in [1.54, 1.807) is 0 Å². The minimum atomic E-state index is -4.84. The molecular formula is C9H10F3NO4. The minimum absolute atomic E-state index is 0.00104. The Labute approximate surface area is 95.1 Å². The summed E-state index contributed by atoms with van der Waals surface area (Å²) < 4.78 is 54.3. The number of nitrogens with zero attached hydrogens (tertiary/aromatic N) is 1. The summed E-state index contributed by atoms with van der Waals surface area (Å²) >= 11 is 0. The first-order valence-electron chi connectivity index (χ1n) is 4.34. The third kappa shape index (κ3) is 3.30. The monoisotopic (exact) mass is 253 g/mol. The molecule has 1 aromatic heterocycles. The molecule has 0 fully saturated rings. The van der Waals surface area contributed by atoms with Gasteiger partial charge >= 0.3 is 6.36 Å². The van der Waals surface area contributed by atoms with E-state index in [1.165, 1.54) is 14.2 Å². The zero-order valence-electron chi connectivity index (χ0n) is 9.29. The molecule has 0 saturated carbocycles. The summed E-state index contributed by atoms with van der Waals surface area (Å²) in [4.78, 5) is 3.67. The number of ether oxygens (including phenoxy) is 4. The van der Waals surface area contributed by atoms with Crippen molar-refractivity contribution in [1.29, 1.82) is 0 Å². The number of pyridine rings is 1. The van der Waals surface area contributed by atoms with Crippen LogP contribution in [0.25, 0.3) is 0 Å². The molecule has 0 aliphatic carbocycles. The average molecular weight is 253 g/mol. The lowest BCUT2D eigenvalue weighted by Gasteiger charge is -2.14. The van der Waals surface area contributed by atoms with Gasteiger partial charge in [0.2, 0.25) is 0 Å². The van der Waals surface area contributed by atoms with Crippen LogP contribution in [0.5, 0.6) is 23.3 Å². The Morgan fingerprint density at radius 3 is 1.88 bits per heavy atom. The van der Waals surface area contributed by atoms with Gasteiger partial charge in [-0.15, -0.1) is 13.2 Å². The van der Waals surface area contributed by atoms with E-state index >= 15 is 0 Å². The maximum Gasteiger partial charge on any atom is 0.573 e. The second-order valence-corrected chi connectivity index (χ2v) is 2.76. The predicted molar refractivity (Wildman–Crippen MR) is 50.6 cm³/mol. The highest BCUT2D eigenvalue weighted by atomic mass is 19.4. The summed E-state index contributed by atoms with van der Waals surface area (Å²) in [6.45, 7) is 0. The van der Waals surface area contributed by atoms with Gasteiger partial charge in [-0.05, 0) is 0 Å². The van der Waals surface area contributed by atoms with Gasteiger partial charge in [0.15, 0.2) is 11.5 Å². The van der Waals surface area contributed by atoms with Crippen LogP contribution in [-0.2, 0) is 0 Å². The number of alkyl halides is 3. The molecular weight excluding hydrogens is 243 g/mol. The van der Waals surface area contributed by atoms with E-state index in [1.807, 2.05) is 0 Å². The molecule has 17 heavy (non-hydrogen) atoms. The fourth-order valence-electron chi connectivity index (χ4n) is 1.08. The Morgan fingerprint density at radius 2 is 1.47 bits per heavy atom. The van der Waals surface area contributed by atoms with Crippen molar-refractivity contribution in [2.75, 3.05) is 21.3 Å². The SMILES string of the molecule is COc1cc(OC(F)(F)F)c(OC)nc1OC. The largest absolute Gasteiger partial charge is 0.573 e. The molecule has 0 N–H and O–H groups in total. The lowest BCUT2D eigenvalue weighted by molar-refractivity contribution is -0.275. The number of aromatic nitrogens is 1. The fraction of sp³-hybridized carbons (Fsp3) is 0.444. The van der Waals surface area contributed by atoms with Crippen molar-refractivity contribution in [2.45, 2.75) is 6.36 Å². The second kappa shape index (κ2) is 4.98. The molecule has 1 aromatic rings. The molecule has 0 aromatic carbocycles. The Bertz CT molecular complexity index is 395. The van der Waals surface area contributed by atoms with Crippen molar-refractivity contribution in [2.24, 2.45) is 0 Å². The van der Waals surface area contributed by atoms with Crippen molar-refractivity contribution >= 4 is 0 Å². The smallest absolute Gasteiger partial charge is 0.491 e. The highest BCUT2D eigenvalue weighted by Gasteiger charge is 2.33. The summed E-state index contributed by atoms with van der Waals surface area (Å²) in [6.07, 6.45) is -4.84. The molecule has 5 nitrogen and oxygen atoms in total. The minimum Gasteiger partial charge on any atom is -0.491 e. The molecule has 0 aliphatic rings.